The first-order valence-corrected chi connectivity index (χ1v) is 15.0. The summed E-state index contributed by atoms with van der Waals surface area (Å²) >= 11 is 0. The second-order valence-electron chi connectivity index (χ2n) is 12.0. The smallest absolute Gasteiger partial charge is 0.332 e. The van der Waals surface area contributed by atoms with Crippen molar-refractivity contribution in [2.24, 2.45) is 11.8 Å². The highest BCUT2D eigenvalue weighted by Gasteiger charge is 2.50. The van der Waals surface area contributed by atoms with Crippen LogP contribution in [0.4, 0.5) is 0 Å². The molecule has 0 aliphatic heterocycles. The zero-order chi connectivity index (χ0) is 25.5. The third kappa shape index (κ3) is 7.52. The molecule has 0 spiro atoms. The summed E-state index contributed by atoms with van der Waals surface area (Å²) in [4.78, 5) is 12.0. The molecule has 4 nitrogen and oxygen atoms in total. The Hall–Kier alpha value is -1.95. The van der Waals surface area contributed by atoms with Gasteiger partial charge in [0.25, 0.3) is 8.32 Å². The number of esters is 1. The van der Waals surface area contributed by atoms with Gasteiger partial charge in [-0.1, -0.05) is 87.9 Å². The normalized spacial score (nSPS) is 19.4. The molecule has 1 fully saturated rings. The van der Waals surface area contributed by atoms with Crippen molar-refractivity contribution in [3.05, 3.63) is 60.7 Å². The van der Waals surface area contributed by atoms with Gasteiger partial charge in [0.1, 0.15) is 12.2 Å². The van der Waals surface area contributed by atoms with Gasteiger partial charge in [0.2, 0.25) is 0 Å². The van der Waals surface area contributed by atoms with Crippen LogP contribution in [0, 0.1) is 11.8 Å². The summed E-state index contributed by atoms with van der Waals surface area (Å²) in [5, 5.41) is 2.64. The predicted molar refractivity (Wildman–Crippen MR) is 146 cm³/mol. The molecule has 1 aliphatic carbocycles. The standard InChI is InChI=1S/C30H44O4Si/c1-29(2,3)34-28(31)23-32-21-24-14-13-15-25(20-24)22-33-35(30(4,5)6,26-16-9-7-10-17-26)27-18-11-8-12-19-27/h7-12,16-19,24-25H,13-15,20-23H2,1-6H3/t24-,25+/m0/s1. The number of benzene rings is 2. The third-order valence-corrected chi connectivity index (χ3v) is 11.8. The zero-order valence-electron chi connectivity index (χ0n) is 22.5. The quantitative estimate of drug-likeness (QED) is 0.329. The van der Waals surface area contributed by atoms with E-state index in [0.717, 1.165) is 19.4 Å². The zero-order valence-corrected chi connectivity index (χ0v) is 23.5. The van der Waals surface area contributed by atoms with E-state index in [4.69, 9.17) is 13.9 Å². The summed E-state index contributed by atoms with van der Waals surface area (Å²) in [5.74, 6) is 0.666. The van der Waals surface area contributed by atoms with Crippen molar-refractivity contribution in [2.45, 2.75) is 77.9 Å². The Morgan fingerprint density at radius 3 is 1.83 bits per heavy atom. The molecule has 5 heteroatoms. The Bertz CT molecular complexity index is 875. The maximum atomic E-state index is 12.0. The highest BCUT2D eigenvalue weighted by Crippen LogP contribution is 2.38. The lowest BCUT2D eigenvalue weighted by atomic mass is 9.82. The summed E-state index contributed by atoms with van der Waals surface area (Å²) < 4.78 is 18.3. The molecular weight excluding hydrogens is 452 g/mol. The average molecular weight is 497 g/mol. The lowest BCUT2D eigenvalue weighted by molar-refractivity contribution is -0.160. The average Bonchev–Trinajstić information content (AvgIpc) is 2.79. The Kier molecular flexibility index (Phi) is 9.36. The van der Waals surface area contributed by atoms with Gasteiger partial charge < -0.3 is 13.9 Å². The minimum absolute atomic E-state index is 0.0136. The third-order valence-electron chi connectivity index (χ3n) is 6.84. The number of rotatable bonds is 9. The van der Waals surface area contributed by atoms with E-state index < -0.39 is 13.9 Å². The number of carbonyl (C=O) groups excluding carboxylic acids is 1. The molecule has 0 bridgehead atoms. The molecule has 0 radical (unpaired) electrons. The van der Waals surface area contributed by atoms with E-state index in [2.05, 4.69) is 81.4 Å². The van der Waals surface area contributed by atoms with Crippen molar-refractivity contribution in [3.63, 3.8) is 0 Å². The lowest BCUT2D eigenvalue weighted by Crippen LogP contribution is -2.67. The number of hydrogen-bond acceptors (Lipinski definition) is 4. The molecule has 1 aliphatic rings. The summed E-state index contributed by atoms with van der Waals surface area (Å²) in [6, 6.07) is 21.7. The Labute approximate surface area is 213 Å². The maximum absolute atomic E-state index is 12.0. The molecule has 1 saturated carbocycles. The van der Waals surface area contributed by atoms with Gasteiger partial charge in [-0.25, -0.2) is 4.79 Å². The Morgan fingerprint density at radius 1 is 0.829 bits per heavy atom. The van der Waals surface area contributed by atoms with Crippen LogP contribution in [0.1, 0.15) is 67.2 Å². The van der Waals surface area contributed by atoms with Crippen molar-refractivity contribution in [2.75, 3.05) is 19.8 Å². The maximum Gasteiger partial charge on any atom is 0.332 e. The predicted octanol–water partition coefficient (Wildman–Crippen LogP) is 5.73. The second kappa shape index (κ2) is 11.9. The number of hydrogen-bond donors (Lipinski definition) is 0. The van der Waals surface area contributed by atoms with Crippen molar-refractivity contribution in [3.8, 4) is 0 Å². The van der Waals surface area contributed by atoms with E-state index in [0.29, 0.717) is 18.4 Å². The summed E-state index contributed by atoms with van der Waals surface area (Å²) in [6.07, 6.45) is 4.58. The van der Waals surface area contributed by atoms with Crippen molar-refractivity contribution >= 4 is 24.7 Å². The molecule has 192 valence electrons. The topological polar surface area (TPSA) is 44.8 Å². The Morgan fingerprint density at radius 2 is 1.34 bits per heavy atom. The molecule has 0 heterocycles. The molecular formula is C30H44O4Si. The monoisotopic (exact) mass is 496 g/mol. The van der Waals surface area contributed by atoms with Gasteiger partial charge in [0.15, 0.2) is 0 Å². The van der Waals surface area contributed by atoms with Crippen LogP contribution in [0.2, 0.25) is 5.04 Å². The van der Waals surface area contributed by atoms with Gasteiger partial charge in [-0.2, -0.15) is 0 Å². The van der Waals surface area contributed by atoms with Gasteiger partial charge in [-0.15, -0.1) is 0 Å². The van der Waals surface area contributed by atoms with Gasteiger partial charge >= 0.3 is 5.97 Å². The molecule has 35 heavy (non-hydrogen) atoms. The first-order valence-electron chi connectivity index (χ1n) is 13.1. The fourth-order valence-corrected chi connectivity index (χ4v) is 10.0. The molecule has 2 aromatic rings. The van der Waals surface area contributed by atoms with Gasteiger partial charge in [0.05, 0.1) is 6.61 Å². The molecule has 0 saturated heterocycles. The fourth-order valence-electron chi connectivity index (χ4n) is 5.39. The van der Waals surface area contributed by atoms with Crippen LogP contribution < -0.4 is 10.4 Å². The molecule has 2 atom stereocenters. The SMILES string of the molecule is CC(C)(C)OC(=O)COC[C@H]1CCC[C@@H](CO[Si](c2ccccc2)(c2ccccc2)C(C)(C)C)C1. The number of carbonyl (C=O) groups is 1. The van der Waals surface area contributed by atoms with E-state index in [1.54, 1.807) is 0 Å². The van der Waals surface area contributed by atoms with Gasteiger partial charge in [0, 0.05) is 6.61 Å². The van der Waals surface area contributed by atoms with Crippen molar-refractivity contribution in [1.29, 1.82) is 0 Å². The van der Waals surface area contributed by atoms with Crippen molar-refractivity contribution in [1.82, 2.24) is 0 Å². The minimum Gasteiger partial charge on any atom is -0.458 e. The summed E-state index contributed by atoms with van der Waals surface area (Å²) in [7, 11) is -2.51. The van der Waals surface area contributed by atoms with Crippen LogP contribution in [0.3, 0.4) is 0 Å². The van der Waals surface area contributed by atoms with E-state index in [-0.39, 0.29) is 17.6 Å². The van der Waals surface area contributed by atoms with Crippen LogP contribution in [-0.4, -0.2) is 39.7 Å². The van der Waals surface area contributed by atoms with Crippen LogP contribution in [0.15, 0.2) is 60.7 Å². The summed E-state index contributed by atoms with van der Waals surface area (Å²) in [6.45, 7) is 14.0. The van der Waals surface area contributed by atoms with E-state index in [1.165, 1.54) is 23.2 Å². The first-order chi connectivity index (χ1) is 16.5. The van der Waals surface area contributed by atoms with Crippen molar-refractivity contribution < 1.29 is 18.7 Å². The molecule has 2 aromatic carbocycles. The summed E-state index contributed by atoms with van der Waals surface area (Å²) in [5.41, 5.74) is -0.478. The van der Waals surface area contributed by atoms with Gasteiger partial charge in [-0.05, 0) is 67.3 Å². The van der Waals surface area contributed by atoms with Crippen LogP contribution >= 0.6 is 0 Å². The van der Waals surface area contributed by atoms with E-state index in [9.17, 15) is 4.79 Å². The first kappa shape index (κ1) is 27.6. The van der Waals surface area contributed by atoms with E-state index in [1.807, 2.05) is 20.8 Å². The number of ether oxygens (including phenoxy) is 2. The van der Waals surface area contributed by atoms with Crippen LogP contribution in [0.5, 0.6) is 0 Å². The van der Waals surface area contributed by atoms with Gasteiger partial charge in [-0.3, -0.25) is 0 Å². The minimum atomic E-state index is -2.51. The largest absolute Gasteiger partial charge is 0.458 e. The molecule has 3 rings (SSSR count). The van der Waals surface area contributed by atoms with Crippen LogP contribution in [0.25, 0.3) is 0 Å². The molecule has 0 N–H and O–H groups in total. The molecule has 0 amide bonds. The fraction of sp³-hybridized carbons (Fsp3) is 0.567. The van der Waals surface area contributed by atoms with E-state index >= 15 is 0 Å². The highest BCUT2D eigenvalue weighted by atomic mass is 28.4. The lowest BCUT2D eigenvalue weighted by Gasteiger charge is -2.44. The van der Waals surface area contributed by atoms with Crippen LogP contribution in [-0.2, 0) is 18.7 Å². The molecule has 0 unspecified atom stereocenters. The molecule has 0 aromatic heterocycles. The Balaban J connectivity index is 1.68. The second-order valence-corrected chi connectivity index (χ2v) is 16.3. The highest BCUT2D eigenvalue weighted by molar-refractivity contribution is 6.99.